The third-order valence-electron chi connectivity index (χ3n) is 5.71. The van der Waals surface area contributed by atoms with Crippen LogP contribution in [0.2, 0.25) is 0 Å². The van der Waals surface area contributed by atoms with Crippen LogP contribution in [0.3, 0.4) is 0 Å². The first kappa shape index (κ1) is 22.0. The van der Waals surface area contributed by atoms with E-state index in [0.717, 1.165) is 55.4 Å². The number of hydrogen-bond acceptors (Lipinski definition) is 5. The van der Waals surface area contributed by atoms with Gasteiger partial charge in [0, 0.05) is 38.0 Å². The number of rotatable bonds is 4. The zero-order valence-electron chi connectivity index (χ0n) is 19.3. The molecular formula is C23H38N4O2. The van der Waals surface area contributed by atoms with Crippen molar-refractivity contribution in [3.05, 3.63) is 17.1 Å². The van der Waals surface area contributed by atoms with Crippen LogP contribution in [0.25, 0.3) is 0 Å². The van der Waals surface area contributed by atoms with E-state index >= 15 is 0 Å². The topological polar surface area (TPSA) is 58.6 Å². The zero-order valence-corrected chi connectivity index (χ0v) is 19.3. The van der Waals surface area contributed by atoms with Crippen molar-refractivity contribution >= 4 is 11.7 Å². The highest BCUT2D eigenvalue weighted by molar-refractivity contribution is 5.77. The number of ether oxygens (including phenoxy) is 1. The number of amides is 1. The first-order valence-corrected chi connectivity index (χ1v) is 11.1. The van der Waals surface area contributed by atoms with Gasteiger partial charge in [-0.3, -0.25) is 4.79 Å². The lowest BCUT2D eigenvalue weighted by Crippen LogP contribution is -2.47. The molecule has 0 aromatic carbocycles. The van der Waals surface area contributed by atoms with Gasteiger partial charge in [-0.15, -0.1) is 0 Å². The monoisotopic (exact) mass is 402 g/mol. The number of carbonyl (C=O) groups excluding carboxylic acids is 1. The highest BCUT2D eigenvalue weighted by atomic mass is 16.5. The number of anilines is 1. The molecule has 6 nitrogen and oxygen atoms in total. The highest BCUT2D eigenvalue weighted by Crippen LogP contribution is 2.31. The van der Waals surface area contributed by atoms with Crippen LogP contribution in [0.4, 0.5) is 5.82 Å². The van der Waals surface area contributed by atoms with Gasteiger partial charge in [-0.1, -0.05) is 27.7 Å². The summed E-state index contributed by atoms with van der Waals surface area (Å²) in [5.74, 6) is 2.44. The predicted octanol–water partition coefficient (Wildman–Crippen LogP) is 3.75. The van der Waals surface area contributed by atoms with Gasteiger partial charge in [-0.05, 0) is 38.5 Å². The van der Waals surface area contributed by atoms with Gasteiger partial charge in [0.15, 0.2) is 0 Å². The summed E-state index contributed by atoms with van der Waals surface area (Å²) in [5.41, 5.74) is 2.47. The predicted molar refractivity (Wildman–Crippen MR) is 116 cm³/mol. The van der Waals surface area contributed by atoms with Crippen LogP contribution in [-0.2, 0) is 22.5 Å². The van der Waals surface area contributed by atoms with Gasteiger partial charge in [-0.2, -0.15) is 0 Å². The summed E-state index contributed by atoms with van der Waals surface area (Å²) in [7, 11) is 0. The minimum atomic E-state index is 0.171. The maximum Gasteiger partial charge on any atom is 0.223 e. The van der Waals surface area contributed by atoms with Crippen molar-refractivity contribution in [2.24, 2.45) is 11.3 Å². The van der Waals surface area contributed by atoms with Crippen molar-refractivity contribution in [3.63, 3.8) is 0 Å². The molecule has 1 saturated heterocycles. The molecule has 29 heavy (non-hydrogen) atoms. The van der Waals surface area contributed by atoms with Gasteiger partial charge in [0.2, 0.25) is 5.91 Å². The maximum absolute atomic E-state index is 13.0. The first-order valence-electron chi connectivity index (χ1n) is 11.1. The lowest BCUT2D eigenvalue weighted by Gasteiger charge is -2.39. The van der Waals surface area contributed by atoms with Crippen molar-refractivity contribution in [3.8, 4) is 0 Å². The van der Waals surface area contributed by atoms with Crippen molar-refractivity contribution in [2.45, 2.75) is 86.5 Å². The standard InChI is InChI=1S/C23H38N4O2/c1-15(11-23(5,6)7)10-21(28)26-9-8-20-19(14-26)22(25-18(4)24-20)27-12-16(2)29-17(3)13-27/h15-17H,8-14H2,1-7H3/t15-,16-,17-/m1/s1. The molecule has 0 aliphatic carbocycles. The molecule has 1 aromatic heterocycles. The second-order valence-corrected chi connectivity index (χ2v) is 10.3. The fourth-order valence-electron chi connectivity index (χ4n) is 4.89. The Morgan fingerprint density at radius 3 is 2.48 bits per heavy atom. The van der Waals surface area contributed by atoms with Crippen molar-refractivity contribution < 1.29 is 9.53 Å². The Kier molecular flexibility index (Phi) is 6.51. The molecule has 0 N–H and O–H groups in total. The van der Waals surface area contributed by atoms with E-state index < -0.39 is 0 Å². The summed E-state index contributed by atoms with van der Waals surface area (Å²) in [6.07, 6.45) is 2.81. The van der Waals surface area contributed by atoms with Crippen molar-refractivity contribution in [2.75, 3.05) is 24.5 Å². The molecule has 1 fully saturated rings. The summed E-state index contributed by atoms with van der Waals surface area (Å²) in [4.78, 5) is 26.9. The van der Waals surface area contributed by atoms with Gasteiger partial charge < -0.3 is 14.5 Å². The van der Waals surface area contributed by atoms with Gasteiger partial charge >= 0.3 is 0 Å². The second kappa shape index (κ2) is 8.58. The van der Waals surface area contributed by atoms with E-state index in [9.17, 15) is 4.79 Å². The average molecular weight is 403 g/mol. The van der Waals surface area contributed by atoms with Gasteiger partial charge in [0.1, 0.15) is 11.6 Å². The first-order chi connectivity index (χ1) is 13.5. The van der Waals surface area contributed by atoms with E-state index in [1.54, 1.807) is 0 Å². The molecular weight excluding hydrogens is 364 g/mol. The Morgan fingerprint density at radius 2 is 1.86 bits per heavy atom. The lowest BCUT2D eigenvalue weighted by atomic mass is 9.84. The number of fused-ring (bicyclic) bond motifs is 1. The van der Waals surface area contributed by atoms with E-state index in [4.69, 9.17) is 14.7 Å². The Hall–Kier alpha value is -1.69. The molecule has 6 heteroatoms. The number of carbonyl (C=O) groups is 1. The van der Waals surface area contributed by atoms with Crippen LogP contribution in [0.15, 0.2) is 0 Å². The maximum atomic E-state index is 13.0. The molecule has 0 bridgehead atoms. The summed E-state index contributed by atoms with van der Waals surface area (Å²) in [5, 5.41) is 0. The van der Waals surface area contributed by atoms with Crippen LogP contribution in [0.5, 0.6) is 0 Å². The van der Waals surface area contributed by atoms with Crippen LogP contribution < -0.4 is 4.90 Å². The van der Waals surface area contributed by atoms with Gasteiger partial charge in [0.05, 0.1) is 24.4 Å². The third-order valence-corrected chi connectivity index (χ3v) is 5.71. The van der Waals surface area contributed by atoms with Crippen LogP contribution in [0, 0.1) is 18.3 Å². The summed E-state index contributed by atoms with van der Waals surface area (Å²) < 4.78 is 5.91. The minimum absolute atomic E-state index is 0.171. The van der Waals surface area contributed by atoms with Gasteiger partial charge in [0.25, 0.3) is 0 Å². The molecule has 162 valence electrons. The SMILES string of the molecule is Cc1nc2c(c(N3C[C@@H](C)O[C@H](C)C3)n1)CN(C(=O)C[C@@H](C)CC(C)(C)C)CC2. The Bertz CT molecular complexity index is 733. The van der Waals surface area contributed by atoms with Crippen molar-refractivity contribution in [1.82, 2.24) is 14.9 Å². The van der Waals surface area contributed by atoms with E-state index in [1.165, 1.54) is 0 Å². The minimum Gasteiger partial charge on any atom is -0.372 e. The van der Waals surface area contributed by atoms with Crippen LogP contribution >= 0.6 is 0 Å². The number of aromatic nitrogens is 2. The number of hydrogen-bond donors (Lipinski definition) is 0. The largest absolute Gasteiger partial charge is 0.372 e. The van der Waals surface area contributed by atoms with E-state index in [1.807, 2.05) is 11.8 Å². The molecule has 0 radical (unpaired) electrons. The molecule has 2 aliphatic rings. The average Bonchev–Trinajstić information content (AvgIpc) is 2.57. The second-order valence-electron chi connectivity index (χ2n) is 10.3. The molecule has 0 saturated carbocycles. The summed E-state index contributed by atoms with van der Waals surface area (Å²) in [6, 6.07) is 0. The third kappa shape index (κ3) is 5.68. The van der Waals surface area contributed by atoms with Crippen molar-refractivity contribution in [1.29, 1.82) is 0 Å². The van der Waals surface area contributed by atoms with Crippen LogP contribution in [-0.4, -0.2) is 52.6 Å². The Morgan fingerprint density at radius 1 is 1.21 bits per heavy atom. The Labute approximate surface area is 176 Å². The molecule has 1 amide bonds. The fraction of sp³-hybridized carbons (Fsp3) is 0.783. The van der Waals surface area contributed by atoms with Crippen LogP contribution in [0.1, 0.15) is 71.5 Å². The normalized spacial score (nSPS) is 23.7. The molecule has 1 aromatic rings. The molecule has 0 unspecified atom stereocenters. The van der Waals surface area contributed by atoms with E-state index in [-0.39, 0.29) is 23.5 Å². The smallest absolute Gasteiger partial charge is 0.223 e. The molecule has 3 heterocycles. The summed E-state index contributed by atoms with van der Waals surface area (Å²) in [6.45, 7) is 18.1. The van der Waals surface area contributed by atoms with E-state index in [2.05, 4.69) is 46.4 Å². The number of nitrogens with zero attached hydrogens (tertiary/aromatic N) is 4. The molecule has 3 rings (SSSR count). The van der Waals surface area contributed by atoms with E-state index in [0.29, 0.717) is 18.9 Å². The lowest BCUT2D eigenvalue weighted by molar-refractivity contribution is -0.133. The summed E-state index contributed by atoms with van der Waals surface area (Å²) >= 11 is 0. The highest BCUT2D eigenvalue weighted by Gasteiger charge is 2.31. The molecule has 2 aliphatic heterocycles. The number of morpholine rings is 1. The Balaban J connectivity index is 1.77. The fourth-order valence-corrected chi connectivity index (χ4v) is 4.89. The number of aryl methyl sites for hydroxylation is 1. The zero-order chi connectivity index (χ0) is 21.3. The quantitative estimate of drug-likeness (QED) is 0.768. The molecule has 0 spiro atoms. The van der Waals surface area contributed by atoms with Gasteiger partial charge in [-0.25, -0.2) is 9.97 Å². The molecule has 3 atom stereocenters.